The summed E-state index contributed by atoms with van der Waals surface area (Å²) < 4.78 is 0. The molecule has 27 heavy (non-hydrogen) atoms. The fraction of sp³-hybridized carbons (Fsp3) is 0.105. The van der Waals surface area contributed by atoms with Gasteiger partial charge in [-0.1, -0.05) is 23.2 Å². The van der Waals surface area contributed by atoms with E-state index in [-0.39, 0.29) is 17.9 Å². The summed E-state index contributed by atoms with van der Waals surface area (Å²) in [7, 11) is 0. The van der Waals surface area contributed by atoms with Crippen LogP contribution in [0.5, 0.6) is 0 Å². The largest absolute Gasteiger partial charge is 0.345 e. The number of thiazole rings is 1. The van der Waals surface area contributed by atoms with E-state index in [1.54, 1.807) is 42.0 Å². The molecule has 0 spiro atoms. The van der Waals surface area contributed by atoms with Crippen LogP contribution < -0.4 is 10.6 Å². The third-order valence-corrected chi connectivity index (χ3v) is 5.15. The molecule has 0 fully saturated rings. The summed E-state index contributed by atoms with van der Waals surface area (Å²) in [5, 5.41) is 6.43. The molecule has 0 saturated heterocycles. The van der Waals surface area contributed by atoms with Crippen LogP contribution in [0, 0.1) is 0 Å². The van der Waals surface area contributed by atoms with E-state index in [4.69, 9.17) is 23.2 Å². The van der Waals surface area contributed by atoms with Crippen molar-refractivity contribution in [3.8, 4) is 0 Å². The number of aromatic nitrogens is 1. The summed E-state index contributed by atoms with van der Waals surface area (Å²) in [6.45, 7) is 1.90. The summed E-state index contributed by atoms with van der Waals surface area (Å²) in [6, 6.07) is 11.1. The molecular formula is C19H15Cl2N3O2S. The highest BCUT2D eigenvalue weighted by molar-refractivity contribution is 7.09. The summed E-state index contributed by atoms with van der Waals surface area (Å²) in [6.07, 6.45) is 1.73. The van der Waals surface area contributed by atoms with Crippen molar-refractivity contribution in [3.63, 3.8) is 0 Å². The van der Waals surface area contributed by atoms with Crippen molar-refractivity contribution in [2.75, 3.05) is 5.32 Å². The lowest BCUT2D eigenvalue weighted by molar-refractivity contribution is 0.0940. The molecule has 3 aromatic rings. The van der Waals surface area contributed by atoms with Gasteiger partial charge in [0.25, 0.3) is 11.8 Å². The number of carbonyl (C=O) groups excluding carboxylic acids is 2. The van der Waals surface area contributed by atoms with E-state index >= 15 is 0 Å². The predicted molar refractivity (Wildman–Crippen MR) is 109 cm³/mol. The van der Waals surface area contributed by atoms with E-state index in [0.717, 1.165) is 4.88 Å². The van der Waals surface area contributed by atoms with Crippen LogP contribution in [0.3, 0.4) is 0 Å². The highest BCUT2D eigenvalue weighted by atomic mass is 35.5. The number of hydrogen-bond donors (Lipinski definition) is 2. The molecule has 3 rings (SSSR count). The van der Waals surface area contributed by atoms with E-state index in [9.17, 15) is 9.59 Å². The van der Waals surface area contributed by atoms with Crippen molar-refractivity contribution in [2.45, 2.75) is 13.0 Å². The van der Waals surface area contributed by atoms with E-state index in [1.165, 1.54) is 23.5 Å². The van der Waals surface area contributed by atoms with Gasteiger partial charge in [0.05, 0.1) is 11.6 Å². The van der Waals surface area contributed by atoms with Gasteiger partial charge in [-0.2, -0.15) is 0 Å². The Balaban J connectivity index is 1.64. The fourth-order valence-electron chi connectivity index (χ4n) is 2.38. The molecule has 1 aromatic heterocycles. The Labute approximate surface area is 170 Å². The van der Waals surface area contributed by atoms with Crippen molar-refractivity contribution in [2.24, 2.45) is 0 Å². The second kappa shape index (κ2) is 8.52. The van der Waals surface area contributed by atoms with Crippen molar-refractivity contribution < 1.29 is 9.59 Å². The van der Waals surface area contributed by atoms with Gasteiger partial charge >= 0.3 is 0 Å². The fourth-order valence-corrected chi connectivity index (χ4v) is 3.54. The summed E-state index contributed by atoms with van der Waals surface area (Å²) in [4.78, 5) is 29.6. The maximum Gasteiger partial charge on any atom is 0.255 e. The molecule has 0 aliphatic carbocycles. The maximum absolute atomic E-state index is 12.3. The molecule has 0 saturated carbocycles. The molecule has 0 unspecified atom stereocenters. The van der Waals surface area contributed by atoms with Crippen molar-refractivity contribution in [1.82, 2.24) is 10.3 Å². The first kappa shape index (κ1) is 19.4. The molecule has 0 aliphatic rings. The zero-order valence-corrected chi connectivity index (χ0v) is 16.5. The highest BCUT2D eigenvalue weighted by Crippen LogP contribution is 2.21. The van der Waals surface area contributed by atoms with Gasteiger partial charge < -0.3 is 10.6 Å². The van der Waals surface area contributed by atoms with Crippen LogP contribution in [0.2, 0.25) is 10.0 Å². The second-order valence-electron chi connectivity index (χ2n) is 5.79. The van der Waals surface area contributed by atoms with E-state index in [2.05, 4.69) is 15.6 Å². The van der Waals surface area contributed by atoms with Crippen LogP contribution in [0.1, 0.15) is 38.6 Å². The van der Waals surface area contributed by atoms with Crippen molar-refractivity contribution >= 4 is 52.0 Å². The Morgan fingerprint density at radius 2 is 1.67 bits per heavy atom. The quantitative estimate of drug-likeness (QED) is 0.597. The Kier molecular flexibility index (Phi) is 6.11. The van der Waals surface area contributed by atoms with Crippen LogP contribution >= 0.6 is 34.5 Å². The maximum atomic E-state index is 12.3. The lowest BCUT2D eigenvalue weighted by Crippen LogP contribution is -2.26. The Bertz CT molecular complexity index is 939. The van der Waals surface area contributed by atoms with Gasteiger partial charge in [-0.15, -0.1) is 11.3 Å². The molecule has 8 heteroatoms. The van der Waals surface area contributed by atoms with Gasteiger partial charge in [0, 0.05) is 37.9 Å². The Morgan fingerprint density at radius 3 is 2.26 bits per heavy atom. The molecular weight excluding hydrogens is 405 g/mol. The number of hydrogen-bond acceptors (Lipinski definition) is 4. The lowest BCUT2D eigenvalue weighted by Gasteiger charge is -2.12. The number of benzene rings is 2. The molecule has 2 N–H and O–H groups in total. The second-order valence-corrected chi connectivity index (χ2v) is 7.58. The first-order valence-electron chi connectivity index (χ1n) is 7.99. The van der Waals surface area contributed by atoms with Crippen LogP contribution in [-0.2, 0) is 0 Å². The standard InChI is InChI=1S/C19H15Cl2N3O2S/c1-11(17-9-22-10-27-17)23-18(25)12-2-4-16(5-3-12)24-19(26)13-6-14(20)8-15(21)7-13/h2-11H,1H3,(H,23,25)(H,24,26)/t11-/m0/s1. The van der Waals surface area contributed by atoms with Crippen LogP contribution in [-0.4, -0.2) is 16.8 Å². The monoisotopic (exact) mass is 419 g/mol. The lowest BCUT2D eigenvalue weighted by atomic mass is 10.1. The molecule has 1 heterocycles. The minimum Gasteiger partial charge on any atom is -0.345 e. The topological polar surface area (TPSA) is 71.1 Å². The number of halogens is 2. The highest BCUT2D eigenvalue weighted by Gasteiger charge is 2.13. The first-order valence-corrected chi connectivity index (χ1v) is 9.62. The van der Waals surface area contributed by atoms with Crippen molar-refractivity contribution in [3.05, 3.63) is 80.2 Å². The van der Waals surface area contributed by atoms with E-state index in [1.807, 2.05) is 6.92 Å². The SMILES string of the molecule is C[C@H](NC(=O)c1ccc(NC(=O)c2cc(Cl)cc(Cl)c2)cc1)c1cncs1. The average molecular weight is 420 g/mol. The Morgan fingerprint density at radius 1 is 1.00 bits per heavy atom. The van der Waals surface area contributed by atoms with Gasteiger partial charge in [0.1, 0.15) is 0 Å². The normalized spacial score (nSPS) is 11.7. The van der Waals surface area contributed by atoms with Crippen LogP contribution in [0.4, 0.5) is 5.69 Å². The third kappa shape index (κ3) is 5.07. The number of amides is 2. The smallest absolute Gasteiger partial charge is 0.255 e. The number of anilines is 1. The number of rotatable bonds is 5. The molecule has 1 atom stereocenters. The molecule has 0 bridgehead atoms. The average Bonchev–Trinajstić information content (AvgIpc) is 3.16. The zero-order valence-electron chi connectivity index (χ0n) is 14.2. The summed E-state index contributed by atoms with van der Waals surface area (Å²) >= 11 is 13.3. The van der Waals surface area contributed by atoms with E-state index < -0.39 is 0 Å². The van der Waals surface area contributed by atoms with Crippen LogP contribution in [0.15, 0.2) is 54.2 Å². The van der Waals surface area contributed by atoms with Gasteiger partial charge in [-0.3, -0.25) is 14.6 Å². The zero-order chi connectivity index (χ0) is 19.4. The van der Waals surface area contributed by atoms with Gasteiger partial charge in [0.15, 0.2) is 0 Å². The summed E-state index contributed by atoms with van der Waals surface area (Å²) in [5.41, 5.74) is 3.13. The van der Waals surface area contributed by atoms with Crippen LogP contribution in [0.25, 0.3) is 0 Å². The molecule has 5 nitrogen and oxygen atoms in total. The minimum atomic E-state index is -0.338. The minimum absolute atomic E-state index is 0.128. The Hall–Kier alpha value is -2.41. The first-order chi connectivity index (χ1) is 12.9. The third-order valence-electron chi connectivity index (χ3n) is 3.76. The predicted octanol–water partition coefficient (Wildman–Crippen LogP) is 5.19. The molecule has 0 aliphatic heterocycles. The molecule has 2 amide bonds. The molecule has 138 valence electrons. The molecule has 2 aromatic carbocycles. The summed E-state index contributed by atoms with van der Waals surface area (Å²) in [5.74, 6) is -0.536. The van der Waals surface area contributed by atoms with Gasteiger partial charge in [-0.05, 0) is 49.4 Å². The number of nitrogens with zero attached hydrogens (tertiary/aromatic N) is 1. The van der Waals surface area contributed by atoms with Gasteiger partial charge in [0.2, 0.25) is 0 Å². The number of carbonyl (C=O) groups is 2. The van der Waals surface area contributed by atoms with Crippen molar-refractivity contribution in [1.29, 1.82) is 0 Å². The van der Waals surface area contributed by atoms with E-state index in [0.29, 0.717) is 26.9 Å². The van der Waals surface area contributed by atoms with Gasteiger partial charge in [-0.25, -0.2) is 0 Å². The number of nitrogens with one attached hydrogen (secondary N) is 2. The molecule has 0 radical (unpaired) electrons.